The molecule has 0 aliphatic rings. The van der Waals surface area contributed by atoms with Crippen LogP contribution in [0.3, 0.4) is 0 Å². The molecule has 24 heavy (non-hydrogen) atoms. The number of hydrogen-bond acceptors (Lipinski definition) is 7. The summed E-state index contributed by atoms with van der Waals surface area (Å²) >= 11 is 0. The van der Waals surface area contributed by atoms with Crippen LogP contribution in [-0.4, -0.2) is 34.2 Å². The number of benzene rings is 1. The molecule has 0 saturated heterocycles. The molecule has 1 heterocycles. The number of phenols is 1. The van der Waals surface area contributed by atoms with E-state index in [9.17, 15) is 20.0 Å². The van der Waals surface area contributed by atoms with Gasteiger partial charge < -0.3 is 9.84 Å². The Morgan fingerprint density at radius 1 is 1.42 bits per heavy atom. The molecule has 2 aromatic rings. The molecule has 0 aliphatic heterocycles. The molecule has 0 atom stereocenters. The standard InChI is InChI=1S/C15H14N4O5/c1-9-3-4-11(7-16-9)15(21)18-17-8-10-5-6-12(20)14(24-2)13(10)19(22)23/h3-8,20H,1-2H3,(H,18,21)/b17-8+. The smallest absolute Gasteiger partial charge is 0.323 e. The number of aromatic nitrogens is 1. The predicted octanol–water partition coefficient (Wildman–Crippen LogP) is 1.78. The van der Waals surface area contributed by atoms with E-state index in [4.69, 9.17) is 4.74 Å². The lowest BCUT2D eigenvalue weighted by molar-refractivity contribution is -0.386. The van der Waals surface area contributed by atoms with Gasteiger partial charge in [0, 0.05) is 11.9 Å². The van der Waals surface area contributed by atoms with Gasteiger partial charge in [-0.1, -0.05) is 0 Å². The largest absolute Gasteiger partial charge is 0.504 e. The van der Waals surface area contributed by atoms with Crippen molar-refractivity contribution in [1.29, 1.82) is 0 Å². The molecule has 0 fully saturated rings. The van der Waals surface area contributed by atoms with Gasteiger partial charge in [-0.15, -0.1) is 0 Å². The molecule has 0 bridgehead atoms. The van der Waals surface area contributed by atoms with E-state index in [1.54, 1.807) is 19.1 Å². The number of rotatable bonds is 5. The van der Waals surface area contributed by atoms with Gasteiger partial charge in [0.15, 0.2) is 5.75 Å². The molecule has 1 aromatic carbocycles. The molecule has 1 amide bonds. The number of nitrogens with zero attached hydrogens (tertiary/aromatic N) is 3. The van der Waals surface area contributed by atoms with Gasteiger partial charge in [-0.3, -0.25) is 19.9 Å². The summed E-state index contributed by atoms with van der Waals surface area (Å²) in [4.78, 5) is 26.3. The highest BCUT2D eigenvalue weighted by Gasteiger charge is 2.23. The minimum Gasteiger partial charge on any atom is -0.504 e. The highest BCUT2D eigenvalue weighted by molar-refractivity contribution is 5.95. The number of ether oxygens (including phenoxy) is 1. The van der Waals surface area contributed by atoms with E-state index in [1.165, 1.54) is 25.4 Å². The van der Waals surface area contributed by atoms with E-state index < -0.39 is 16.5 Å². The first kappa shape index (κ1) is 16.9. The Hall–Kier alpha value is -3.49. The molecule has 2 N–H and O–H groups in total. The summed E-state index contributed by atoms with van der Waals surface area (Å²) in [6.07, 6.45) is 2.49. The third kappa shape index (κ3) is 3.64. The van der Waals surface area contributed by atoms with Crippen LogP contribution >= 0.6 is 0 Å². The lowest BCUT2D eigenvalue weighted by Crippen LogP contribution is -2.18. The third-order valence-electron chi connectivity index (χ3n) is 3.07. The van der Waals surface area contributed by atoms with E-state index in [0.717, 1.165) is 11.9 Å². The van der Waals surface area contributed by atoms with Crippen molar-refractivity contribution in [3.8, 4) is 11.5 Å². The van der Waals surface area contributed by atoms with Crippen LogP contribution in [0.15, 0.2) is 35.6 Å². The lowest BCUT2D eigenvalue weighted by Gasteiger charge is -2.06. The van der Waals surface area contributed by atoms with Gasteiger partial charge in [0.25, 0.3) is 5.91 Å². The average Bonchev–Trinajstić information content (AvgIpc) is 2.56. The molecule has 2 rings (SSSR count). The van der Waals surface area contributed by atoms with Crippen molar-refractivity contribution in [3.05, 3.63) is 57.4 Å². The van der Waals surface area contributed by atoms with Crippen molar-refractivity contribution < 1.29 is 19.6 Å². The number of pyridine rings is 1. The highest BCUT2D eigenvalue weighted by Crippen LogP contribution is 2.37. The van der Waals surface area contributed by atoms with Crippen molar-refractivity contribution >= 4 is 17.8 Å². The number of aryl methyl sites for hydroxylation is 1. The van der Waals surface area contributed by atoms with Gasteiger partial charge in [0.2, 0.25) is 5.75 Å². The van der Waals surface area contributed by atoms with Crippen LogP contribution in [0, 0.1) is 17.0 Å². The number of methoxy groups -OCH3 is 1. The SMILES string of the molecule is COc1c(O)ccc(/C=N/NC(=O)c2ccc(C)nc2)c1[N+](=O)[O-]. The summed E-state index contributed by atoms with van der Waals surface area (Å²) in [6, 6.07) is 5.78. The van der Waals surface area contributed by atoms with Gasteiger partial charge >= 0.3 is 5.69 Å². The fraction of sp³-hybridized carbons (Fsp3) is 0.133. The molecule has 124 valence electrons. The molecule has 0 saturated carbocycles. The Balaban J connectivity index is 2.21. The number of amides is 1. The number of nitro benzene ring substituents is 1. The number of aromatic hydroxyl groups is 1. The second kappa shape index (κ2) is 7.18. The van der Waals surface area contributed by atoms with Crippen molar-refractivity contribution in [2.75, 3.05) is 7.11 Å². The average molecular weight is 330 g/mol. The maximum Gasteiger partial charge on any atom is 0.323 e. The predicted molar refractivity (Wildman–Crippen MR) is 85.3 cm³/mol. The van der Waals surface area contributed by atoms with Crippen molar-refractivity contribution in [3.63, 3.8) is 0 Å². The van der Waals surface area contributed by atoms with Crippen LogP contribution in [0.4, 0.5) is 5.69 Å². The first-order valence-corrected chi connectivity index (χ1v) is 6.74. The van der Waals surface area contributed by atoms with Crippen molar-refractivity contribution in [2.45, 2.75) is 6.92 Å². The van der Waals surface area contributed by atoms with E-state index in [2.05, 4.69) is 15.5 Å². The van der Waals surface area contributed by atoms with Crippen LogP contribution in [0.25, 0.3) is 0 Å². The number of carbonyl (C=O) groups is 1. The topological polar surface area (TPSA) is 127 Å². The van der Waals surface area contributed by atoms with E-state index >= 15 is 0 Å². The first-order valence-electron chi connectivity index (χ1n) is 6.74. The van der Waals surface area contributed by atoms with Crippen LogP contribution in [0.5, 0.6) is 11.5 Å². The van der Waals surface area contributed by atoms with Crippen LogP contribution < -0.4 is 10.2 Å². The highest BCUT2D eigenvalue weighted by atomic mass is 16.6. The van der Waals surface area contributed by atoms with Crippen LogP contribution in [-0.2, 0) is 0 Å². The van der Waals surface area contributed by atoms with Gasteiger partial charge in [0.1, 0.15) is 0 Å². The van der Waals surface area contributed by atoms with E-state index in [0.29, 0.717) is 5.56 Å². The molecular formula is C15H14N4O5. The summed E-state index contributed by atoms with van der Waals surface area (Å²) < 4.78 is 4.84. The Bertz CT molecular complexity index is 802. The summed E-state index contributed by atoms with van der Waals surface area (Å²) in [7, 11) is 1.20. The zero-order valence-electron chi connectivity index (χ0n) is 12.9. The third-order valence-corrected chi connectivity index (χ3v) is 3.07. The van der Waals surface area contributed by atoms with Gasteiger partial charge in [-0.05, 0) is 31.2 Å². The Labute approximate surface area is 136 Å². The number of phenolic OH excluding ortho intramolecular Hbond substituents is 1. The van der Waals surface area contributed by atoms with Gasteiger partial charge in [0.05, 0.1) is 29.4 Å². The molecule has 9 nitrogen and oxygen atoms in total. The fourth-order valence-electron chi connectivity index (χ4n) is 1.90. The quantitative estimate of drug-likeness (QED) is 0.488. The van der Waals surface area contributed by atoms with E-state index in [1.807, 2.05) is 0 Å². The number of hydrazone groups is 1. The Kier molecular flexibility index (Phi) is 5.05. The Morgan fingerprint density at radius 2 is 2.17 bits per heavy atom. The molecule has 9 heteroatoms. The van der Waals surface area contributed by atoms with Gasteiger partial charge in [-0.25, -0.2) is 5.43 Å². The summed E-state index contributed by atoms with van der Waals surface area (Å²) in [5.74, 6) is -1.15. The second-order valence-corrected chi connectivity index (χ2v) is 4.70. The zero-order valence-corrected chi connectivity index (χ0v) is 12.9. The zero-order chi connectivity index (χ0) is 17.7. The number of carbonyl (C=O) groups excluding carboxylic acids is 1. The minimum absolute atomic E-state index is 0.0666. The molecule has 1 aromatic heterocycles. The molecule has 0 aliphatic carbocycles. The summed E-state index contributed by atoms with van der Waals surface area (Å²) in [5, 5.41) is 24.5. The van der Waals surface area contributed by atoms with Crippen LogP contribution in [0.1, 0.15) is 21.6 Å². The van der Waals surface area contributed by atoms with Crippen molar-refractivity contribution in [2.24, 2.45) is 5.10 Å². The summed E-state index contributed by atoms with van der Waals surface area (Å²) in [5.41, 5.74) is 2.93. The number of nitro groups is 1. The molecule has 0 spiro atoms. The van der Waals surface area contributed by atoms with Crippen molar-refractivity contribution in [1.82, 2.24) is 10.4 Å². The molecular weight excluding hydrogens is 316 g/mol. The van der Waals surface area contributed by atoms with Gasteiger partial charge in [-0.2, -0.15) is 5.10 Å². The monoisotopic (exact) mass is 330 g/mol. The Morgan fingerprint density at radius 3 is 2.75 bits per heavy atom. The lowest BCUT2D eigenvalue weighted by atomic mass is 10.1. The van der Waals surface area contributed by atoms with Crippen LogP contribution in [0.2, 0.25) is 0 Å². The van der Waals surface area contributed by atoms with E-state index in [-0.39, 0.29) is 17.1 Å². The maximum atomic E-state index is 11.9. The summed E-state index contributed by atoms with van der Waals surface area (Å²) in [6.45, 7) is 1.79. The second-order valence-electron chi connectivity index (χ2n) is 4.70. The normalized spacial score (nSPS) is 10.6. The maximum absolute atomic E-state index is 11.9. The minimum atomic E-state index is -0.703. The molecule has 0 radical (unpaired) electrons. The number of hydrogen-bond donors (Lipinski definition) is 2. The number of nitrogens with one attached hydrogen (secondary N) is 1. The molecule has 0 unspecified atom stereocenters. The first-order chi connectivity index (χ1) is 11.4. The fourth-order valence-corrected chi connectivity index (χ4v) is 1.90.